The first-order valence-corrected chi connectivity index (χ1v) is 0. The van der Waals surface area contributed by atoms with Gasteiger partial charge in [-0.25, -0.2) is 0 Å². The molecule has 0 N–H and O–H groups in total. The van der Waals surface area contributed by atoms with Gasteiger partial charge >= 0.3 is 1900 Å². The van der Waals surface area contributed by atoms with Gasteiger partial charge in [-0.1, -0.05) is 0 Å². The summed E-state index contributed by atoms with van der Waals surface area (Å²) in [6.07, 6.45) is 0. The Hall–Kier alpha value is 60.5. The molecule has 0 rings (SSSR count). The summed E-state index contributed by atoms with van der Waals surface area (Å²) in [6, 6.07) is 0. The van der Waals surface area contributed by atoms with E-state index in [1.807, 2.05) is 0 Å². The Labute approximate surface area is 1810 Å². The van der Waals surface area contributed by atoms with Crippen LogP contribution in [0.2, 0.25) is 0 Å². The fraction of sp³-hybridized carbons (Fsp3) is 0. The third kappa shape index (κ3) is 235. The average Bonchev–Trinajstić information content (AvgIpc) is 0. The van der Waals surface area contributed by atoms with E-state index in [-0.39, 0.29) is 1900 Å². The van der Waals surface area contributed by atoms with Gasteiger partial charge in [-0.15, -0.1) is 0 Å². The maximum absolute atomic E-state index is 0. The van der Waals surface area contributed by atoms with Crippen molar-refractivity contribution >= 4 is 0 Å². The van der Waals surface area contributed by atoms with Gasteiger partial charge in [0.05, 0.1) is 0 Å². The van der Waals surface area contributed by atoms with Gasteiger partial charge in [-0.05, 0) is 0 Å². The molecule has 0 fully saturated rings. The van der Waals surface area contributed by atoms with Gasteiger partial charge in [0.25, 0.3) is 0 Å². The van der Waals surface area contributed by atoms with Crippen molar-refractivity contribution in [1.82, 2.24) is 0 Å². The molecule has 0 aliphatic rings. The van der Waals surface area contributed by atoms with Crippen LogP contribution in [0, 0.1) is 0 Å². The molecule has 0 saturated heterocycles. The summed E-state index contributed by atoms with van der Waals surface area (Å²) >= 11 is 0. The van der Waals surface area contributed by atoms with E-state index in [0.29, 0.717) is 0 Å². The molecule has 0 nitrogen and oxygen atoms in total. The van der Waals surface area contributed by atoms with Gasteiger partial charge in [0, 0.05) is 0 Å². The molecule has 0 unspecified atom stereocenters. The largest absolute Gasteiger partial charge is 1.00 e. The number of rotatable bonds is 0. The third-order valence-corrected chi connectivity index (χ3v) is 0. The van der Waals surface area contributed by atoms with Gasteiger partial charge in [0.1, 0.15) is 0 Å². The van der Waals surface area contributed by atoms with Crippen LogP contribution in [0.3, 0.4) is 0 Å². The molecule has 0 saturated carbocycles. The van der Waals surface area contributed by atoms with Crippen molar-refractivity contribution in [2.24, 2.45) is 0 Å². The van der Waals surface area contributed by atoms with Crippen LogP contribution >= 0.6 is 0 Å². The molecule has 0 bridgehead atoms. The second-order valence-electron chi connectivity index (χ2n) is 0. The summed E-state index contributed by atoms with van der Waals surface area (Å²) in [6.45, 7) is 0. The van der Waals surface area contributed by atoms with E-state index in [1.54, 1.807) is 0 Å². The molecule has 0 aliphatic heterocycles. The van der Waals surface area contributed by atoms with Crippen molar-refractivity contribution in [3.63, 3.8) is 0 Å². The molecule has 0 amide bonds. The van der Waals surface area contributed by atoms with Crippen LogP contribution in [0.15, 0.2) is 0 Å². The van der Waals surface area contributed by atoms with E-state index in [1.165, 1.54) is 0 Å². The molecule has 0 atom stereocenters. The summed E-state index contributed by atoms with van der Waals surface area (Å²) < 4.78 is 0. The smallest absolute Gasteiger partial charge is 1.00 e. The van der Waals surface area contributed by atoms with Crippen molar-refractivity contribution in [1.29, 1.82) is 0 Å². The van der Waals surface area contributed by atoms with Crippen LogP contribution in [0.25, 0.3) is 0 Å². The fourth-order valence-electron chi connectivity index (χ4n) is 0. The first-order chi connectivity index (χ1) is 0. The average molecular weight is 1450 g/mol. The van der Waals surface area contributed by atoms with E-state index < -0.39 is 0 Å². The van der Waals surface area contributed by atoms with Crippen LogP contribution in [0.5, 0.6) is 0 Å². The molecule has 0 valence electrons. The molecular weight excluding hydrogens is 1450 g/mol. The quantitative estimate of drug-likeness (QED) is 0.212. The van der Waals surface area contributed by atoms with E-state index in [4.69, 9.17) is 0 Å². The molecule has 0 radical (unpaired) electrons. The Balaban J connectivity index is 0. The van der Waals surface area contributed by atoms with Gasteiger partial charge in [0.2, 0.25) is 0 Å². The molecule has 37 heavy (non-hydrogen) atoms. The van der Waals surface area contributed by atoms with Crippen LogP contribution in [0.1, 0.15) is 0 Å². The predicted molar refractivity (Wildman–Crippen MR) is 0 cm³/mol. The minimum Gasteiger partial charge on any atom is 1.00 e. The van der Waals surface area contributed by atoms with Crippen molar-refractivity contribution in [2.75, 3.05) is 0 Å². The zero-order chi connectivity index (χ0) is 0. The Morgan fingerprint density at radius 3 is 0.0270 bits per heavy atom. The topological polar surface area (TPSA) is 0 Å². The minimum atomic E-state index is 0. The fourth-order valence-corrected chi connectivity index (χ4v) is 0. The van der Waals surface area contributed by atoms with E-state index in [9.17, 15) is 0 Å². The van der Waals surface area contributed by atoms with Crippen LogP contribution < -0.4 is 1900 Å². The Kier molecular flexibility index (Phi) is 1610. The van der Waals surface area contributed by atoms with Crippen molar-refractivity contribution in [3.8, 4) is 0 Å². The molecule has 0 aromatic heterocycles. The third-order valence-electron chi connectivity index (χ3n) is 0. The second kappa shape index (κ2) is 240. The van der Waals surface area contributed by atoms with E-state index in [2.05, 4.69) is 0 Å². The zero-order valence-electron chi connectivity index (χ0n) is 37.0. The summed E-state index contributed by atoms with van der Waals surface area (Å²) in [5.74, 6) is 0. The van der Waals surface area contributed by atoms with Gasteiger partial charge < -0.3 is 0 Å². The first-order valence-electron chi connectivity index (χ1n) is 0. The molecular formula is K37+37. The van der Waals surface area contributed by atoms with Crippen LogP contribution in [-0.4, -0.2) is 0 Å². The summed E-state index contributed by atoms with van der Waals surface area (Å²) in [5, 5.41) is 0. The van der Waals surface area contributed by atoms with Crippen LogP contribution in [0.4, 0.5) is 0 Å². The zero-order valence-corrected chi connectivity index (χ0v) is 153. The number of hydrogen-bond donors (Lipinski definition) is 0. The van der Waals surface area contributed by atoms with E-state index >= 15 is 0 Å². The Morgan fingerprint density at radius 1 is 0.0270 bits per heavy atom. The monoisotopic (exact) mass is 1440 g/mol. The summed E-state index contributed by atoms with van der Waals surface area (Å²) in [7, 11) is 0. The Bertz CT molecular complexity index is 0. The molecule has 0 heterocycles. The maximum atomic E-state index is 0. The molecule has 0 aromatic rings. The van der Waals surface area contributed by atoms with Gasteiger partial charge in [-0.2, -0.15) is 0 Å². The van der Waals surface area contributed by atoms with Crippen molar-refractivity contribution in [3.05, 3.63) is 0 Å². The summed E-state index contributed by atoms with van der Waals surface area (Å²) in [5.41, 5.74) is 0. The SMILES string of the molecule is [K+].[K+].[K+].[K+].[K+].[K+].[K+].[K+].[K+].[K+].[K+].[K+].[K+].[K+].[K+].[K+].[K+].[K+].[K+].[K+].[K+].[K+].[K+].[K+].[K+].[K+].[K+].[K+].[K+].[K+].[K+].[K+].[K+].[K+].[K+].[K+].[K+]. The van der Waals surface area contributed by atoms with Crippen LogP contribution in [-0.2, 0) is 0 Å². The normalized spacial score (nSPS) is 0. The second-order valence-corrected chi connectivity index (χ2v) is 0. The number of hydrogen-bond acceptors (Lipinski definition) is 0. The molecule has 0 aliphatic carbocycles. The molecule has 0 aromatic carbocycles. The molecule has 37 heteroatoms. The van der Waals surface area contributed by atoms with Gasteiger partial charge in [0.15, 0.2) is 0 Å². The first kappa shape index (κ1) is 248. The minimum absolute atomic E-state index is 0. The maximum Gasteiger partial charge on any atom is 1.00 e. The van der Waals surface area contributed by atoms with Crippen molar-refractivity contribution < 1.29 is 1900 Å². The van der Waals surface area contributed by atoms with E-state index in [0.717, 1.165) is 0 Å². The standard InChI is InChI=1S/37K/q37*+1. The Morgan fingerprint density at radius 2 is 0.0270 bits per heavy atom. The van der Waals surface area contributed by atoms with Gasteiger partial charge in [-0.3, -0.25) is 0 Å². The predicted octanol–water partition coefficient (Wildman–Crippen LogP) is -111. The molecule has 0 spiro atoms. The van der Waals surface area contributed by atoms with Crippen molar-refractivity contribution in [2.45, 2.75) is 0 Å². The summed E-state index contributed by atoms with van der Waals surface area (Å²) in [4.78, 5) is 0.